The molecule has 3 rings (SSSR count). The molecule has 1 aliphatic rings. The van der Waals surface area contributed by atoms with Crippen LogP contribution in [0.5, 0.6) is 5.88 Å². The number of carbonyl (C=O) groups excluding carboxylic acids is 1. The molecule has 27 heavy (non-hydrogen) atoms. The van der Waals surface area contributed by atoms with Gasteiger partial charge in [-0.3, -0.25) is 4.79 Å². The molecule has 1 fully saturated rings. The molecule has 0 atom stereocenters. The predicted octanol–water partition coefficient (Wildman–Crippen LogP) is 4.32. The van der Waals surface area contributed by atoms with Crippen molar-refractivity contribution in [3.05, 3.63) is 53.7 Å². The average molecular weight is 404 g/mol. The summed E-state index contributed by atoms with van der Waals surface area (Å²) >= 11 is 0.284. The summed E-state index contributed by atoms with van der Waals surface area (Å²) < 4.78 is 68.7. The Bertz CT molecular complexity index is 825. The molecule has 144 valence electrons. The molecule has 1 amide bonds. The number of halogens is 5. The number of rotatable bonds is 5. The van der Waals surface area contributed by atoms with E-state index < -0.39 is 29.5 Å². The third kappa shape index (κ3) is 4.68. The first-order valence-corrected chi connectivity index (χ1v) is 8.65. The minimum atomic E-state index is -4.51. The minimum absolute atomic E-state index is 0.129. The topological polar surface area (TPSA) is 42.4 Å². The van der Waals surface area contributed by atoms with E-state index in [1.54, 1.807) is 12.1 Å². The first-order chi connectivity index (χ1) is 12.7. The average Bonchev–Trinajstić information content (AvgIpc) is 2.57. The third-order valence-corrected chi connectivity index (χ3v) is 4.61. The number of pyridine rings is 1. The van der Waals surface area contributed by atoms with Gasteiger partial charge in [-0.1, -0.05) is 23.9 Å². The summed E-state index contributed by atoms with van der Waals surface area (Å²) in [7, 11) is 0. The summed E-state index contributed by atoms with van der Waals surface area (Å²) in [4.78, 5) is 17.7. The molecule has 1 aliphatic heterocycles. The highest BCUT2D eigenvalue weighted by Crippen LogP contribution is 2.32. The van der Waals surface area contributed by atoms with Crippen molar-refractivity contribution in [3.63, 3.8) is 0 Å². The number of benzene rings is 1. The number of likely N-dealkylation sites (tertiary alicyclic amines) is 1. The number of ether oxygens (including phenoxy) is 1. The molecule has 0 saturated carbocycles. The van der Waals surface area contributed by atoms with E-state index in [0.717, 1.165) is 18.3 Å². The van der Waals surface area contributed by atoms with E-state index in [9.17, 15) is 26.7 Å². The summed E-state index contributed by atoms with van der Waals surface area (Å²) in [6.07, 6.45) is -4.02. The molecule has 0 N–H and O–H groups in total. The lowest BCUT2D eigenvalue weighted by atomic mass is 10.1. The van der Waals surface area contributed by atoms with Gasteiger partial charge in [0, 0.05) is 17.2 Å². The van der Waals surface area contributed by atoms with Crippen LogP contribution in [0.1, 0.15) is 15.9 Å². The Labute approximate surface area is 155 Å². The second kappa shape index (κ2) is 7.71. The van der Waals surface area contributed by atoms with Gasteiger partial charge in [0.25, 0.3) is 11.7 Å². The van der Waals surface area contributed by atoms with Crippen molar-refractivity contribution in [2.45, 2.75) is 22.9 Å². The van der Waals surface area contributed by atoms with Crippen LogP contribution in [0.4, 0.5) is 22.0 Å². The second-order valence-corrected chi connectivity index (χ2v) is 6.74. The molecule has 0 unspecified atom stereocenters. The fraction of sp³-hybridized carbons (Fsp3) is 0.294. The SMILES string of the molecule is O=C(c1ccccc1SC(F)F)N1CC(Oc2cc(C(F)(F)F)ccn2)C1. The Morgan fingerprint density at radius 1 is 1.22 bits per heavy atom. The summed E-state index contributed by atoms with van der Waals surface area (Å²) in [5.74, 6) is -3.27. The van der Waals surface area contributed by atoms with E-state index in [-0.39, 0.29) is 41.2 Å². The number of hydrogen-bond donors (Lipinski definition) is 0. The molecular formula is C17H13F5N2O2S. The van der Waals surface area contributed by atoms with Gasteiger partial charge in [-0.15, -0.1) is 0 Å². The molecule has 0 aliphatic carbocycles. The van der Waals surface area contributed by atoms with Crippen LogP contribution in [0.25, 0.3) is 0 Å². The molecule has 1 aromatic heterocycles. The van der Waals surface area contributed by atoms with Crippen LogP contribution in [0.15, 0.2) is 47.5 Å². The van der Waals surface area contributed by atoms with Gasteiger partial charge in [0.15, 0.2) is 0 Å². The fourth-order valence-corrected chi connectivity index (χ4v) is 3.14. The van der Waals surface area contributed by atoms with Crippen LogP contribution < -0.4 is 4.74 Å². The number of amides is 1. The molecular weight excluding hydrogens is 391 g/mol. The Hall–Kier alpha value is -2.36. The van der Waals surface area contributed by atoms with Crippen molar-refractivity contribution in [1.82, 2.24) is 9.88 Å². The lowest BCUT2D eigenvalue weighted by Gasteiger charge is -2.39. The molecule has 2 aromatic rings. The van der Waals surface area contributed by atoms with E-state index in [0.29, 0.717) is 0 Å². The van der Waals surface area contributed by atoms with Crippen molar-refractivity contribution in [1.29, 1.82) is 0 Å². The number of nitrogens with zero attached hydrogens (tertiary/aromatic N) is 2. The number of carbonyl (C=O) groups is 1. The Kier molecular flexibility index (Phi) is 5.54. The van der Waals surface area contributed by atoms with Crippen LogP contribution >= 0.6 is 11.8 Å². The first-order valence-electron chi connectivity index (χ1n) is 7.77. The lowest BCUT2D eigenvalue weighted by Crippen LogP contribution is -2.56. The van der Waals surface area contributed by atoms with E-state index >= 15 is 0 Å². The number of hydrogen-bond acceptors (Lipinski definition) is 4. The standard InChI is InChI=1S/C17H13F5N2O2S/c18-16(19)27-13-4-2-1-3-12(13)15(25)24-8-11(9-24)26-14-7-10(5-6-23-14)17(20,21)22/h1-7,11,16H,8-9H2. The fourth-order valence-electron chi connectivity index (χ4n) is 2.51. The largest absolute Gasteiger partial charge is 0.471 e. The lowest BCUT2D eigenvalue weighted by molar-refractivity contribution is -0.137. The molecule has 0 bridgehead atoms. The van der Waals surface area contributed by atoms with Crippen LogP contribution in [-0.2, 0) is 6.18 Å². The molecule has 4 nitrogen and oxygen atoms in total. The highest BCUT2D eigenvalue weighted by molar-refractivity contribution is 7.99. The van der Waals surface area contributed by atoms with Crippen molar-refractivity contribution in [2.24, 2.45) is 0 Å². The van der Waals surface area contributed by atoms with Crippen LogP contribution in [0.2, 0.25) is 0 Å². The Morgan fingerprint density at radius 2 is 1.93 bits per heavy atom. The first kappa shape index (κ1) is 19.4. The Balaban J connectivity index is 1.61. The summed E-state index contributed by atoms with van der Waals surface area (Å²) in [5, 5.41) is 0. The van der Waals surface area contributed by atoms with Crippen molar-refractivity contribution >= 4 is 17.7 Å². The van der Waals surface area contributed by atoms with Crippen molar-refractivity contribution in [3.8, 4) is 5.88 Å². The molecule has 1 saturated heterocycles. The number of thioether (sulfide) groups is 1. The third-order valence-electron chi connectivity index (χ3n) is 3.82. The van der Waals surface area contributed by atoms with E-state index in [2.05, 4.69) is 4.98 Å². The van der Waals surface area contributed by atoms with Crippen molar-refractivity contribution < 1.29 is 31.5 Å². The van der Waals surface area contributed by atoms with Crippen LogP contribution in [0, 0.1) is 0 Å². The van der Waals surface area contributed by atoms with Crippen LogP contribution in [0.3, 0.4) is 0 Å². The number of aromatic nitrogens is 1. The van der Waals surface area contributed by atoms with Crippen molar-refractivity contribution in [2.75, 3.05) is 13.1 Å². The second-order valence-electron chi connectivity index (χ2n) is 5.71. The molecule has 0 radical (unpaired) electrons. The quantitative estimate of drug-likeness (QED) is 0.550. The smallest absolute Gasteiger partial charge is 0.416 e. The van der Waals surface area contributed by atoms with E-state index in [1.165, 1.54) is 17.0 Å². The zero-order chi connectivity index (χ0) is 19.6. The van der Waals surface area contributed by atoms with Gasteiger partial charge in [0.2, 0.25) is 5.88 Å². The van der Waals surface area contributed by atoms with Gasteiger partial charge in [-0.2, -0.15) is 22.0 Å². The van der Waals surface area contributed by atoms with E-state index in [1.807, 2.05) is 0 Å². The number of alkyl halides is 5. The zero-order valence-corrected chi connectivity index (χ0v) is 14.4. The maximum atomic E-state index is 12.7. The summed E-state index contributed by atoms with van der Waals surface area (Å²) in [6.45, 7) is 0.259. The van der Waals surface area contributed by atoms with E-state index in [4.69, 9.17) is 4.74 Å². The van der Waals surface area contributed by atoms with Gasteiger partial charge >= 0.3 is 6.18 Å². The predicted molar refractivity (Wildman–Crippen MR) is 87.9 cm³/mol. The van der Waals surface area contributed by atoms with Gasteiger partial charge in [-0.25, -0.2) is 4.98 Å². The monoisotopic (exact) mass is 404 g/mol. The highest BCUT2D eigenvalue weighted by atomic mass is 32.2. The summed E-state index contributed by atoms with van der Waals surface area (Å²) in [5.41, 5.74) is -0.726. The maximum absolute atomic E-state index is 12.7. The molecule has 2 heterocycles. The van der Waals surface area contributed by atoms with Crippen LogP contribution in [-0.4, -0.2) is 40.7 Å². The summed E-state index contributed by atoms with van der Waals surface area (Å²) in [6, 6.07) is 7.64. The maximum Gasteiger partial charge on any atom is 0.416 e. The molecule has 10 heteroatoms. The zero-order valence-electron chi connectivity index (χ0n) is 13.6. The van der Waals surface area contributed by atoms with Gasteiger partial charge in [-0.05, 0) is 18.2 Å². The highest BCUT2D eigenvalue weighted by Gasteiger charge is 2.35. The minimum Gasteiger partial charge on any atom is -0.471 e. The van der Waals surface area contributed by atoms with Gasteiger partial charge in [0.1, 0.15) is 6.10 Å². The normalized spacial score (nSPS) is 15.0. The van der Waals surface area contributed by atoms with Gasteiger partial charge < -0.3 is 9.64 Å². The molecule has 1 aromatic carbocycles. The van der Waals surface area contributed by atoms with Gasteiger partial charge in [0.05, 0.1) is 24.2 Å². The molecule has 0 spiro atoms. The Morgan fingerprint density at radius 3 is 2.59 bits per heavy atom.